The summed E-state index contributed by atoms with van der Waals surface area (Å²) in [6.45, 7) is 7.31. The minimum atomic E-state index is -0.228. The average molecular weight is 363 g/mol. The molecule has 2 amide bonds. The van der Waals surface area contributed by atoms with Crippen molar-refractivity contribution in [1.82, 2.24) is 20.4 Å². The summed E-state index contributed by atoms with van der Waals surface area (Å²) in [6, 6.07) is 7.34. The molecule has 25 heavy (non-hydrogen) atoms. The number of urea groups is 1. The van der Waals surface area contributed by atoms with Crippen LogP contribution in [0.3, 0.4) is 0 Å². The van der Waals surface area contributed by atoms with E-state index in [0.29, 0.717) is 29.8 Å². The van der Waals surface area contributed by atoms with E-state index in [1.54, 1.807) is 12.1 Å². The first-order valence-corrected chi connectivity index (χ1v) is 8.86. The van der Waals surface area contributed by atoms with Gasteiger partial charge in [0.2, 0.25) is 11.7 Å². The number of carbonyl (C=O) groups is 1. The van der Waals surface area contributed by atoms with Crippen molar-refractivity contribution < 1.29 is 9.32 Å². The minimum absolute atomic E-state index is 0.0154. The van der Waals surface area contributed by atoms with Gasteiger partial charge >= 0.3 is 6.03 Å². The van der Waals surface area contributed by atoms with E-state index in [-0.39, 0.29) is 17.5 Å². The third kappa shape index (κ3) is 4.51. The highest BCUT2D eigenvalue weighted by molar-refractivity contribution is 6.30. The summed E-state index contributed by atoms with van der Waals surface area (Å²) in [5.74, 6) is 1.40. The third-order valence-corrected chi connectivity index (χ3v) is 4.41. The molecule has 0 radical (unpaired) electrons. The standard InChI is InChI=1S/C18H23ClN4O2/c1-18(2,3)21-17(24)23-10-8-13(9-11-23)16-20-15(22-25-16)12-4-6-14(19)7-5-12/h4-7,13H,8-11H2,1-3H3,(H,21,24). The molecule has 1 aromatic carbocycles. The van der Waals surface area contributed by atoms with Gasteiger partial charge in [-0.25, -0.2) is 4.79 Å². The lowest BCUT2D eigenvalue weighted by Gasteiger charge is -2.33. The first-order chi connectivity index (χ1) is 11.8. The molecule has 1 fully saturated rings. The number of likely N-dealkylation sites (tertiary alicyclic amines) is 1. The van der Waals surface area contributed by atoms with Crippen molar-refractivity contribution in [1.29, 1.82) is 0 Å². The van der Waals surface area contributed by atoms with Crippen molar-refractivity contribution in [2.24, 2.45) is 0 Å². The molecule has 2 heterocycles. The second-order valence-electron chi connectivity index (χ2n) is 7.40. The highest BCUT2D eigenvalue weighted by Gasteiger charge is 2.28. The Morgan fingerprint density at radius 3 is 2.48 bits per heavy atom. The van der Waals surface area contributed by atoms with Crippen LogP contribution in [0.2, 0.25) is 5.02 Å². The summed E-state index contributed by atoms with van der Waals surface area (Å²) in [5, 5.41) is 7.74. The fraction of sp³-hybridized carbons (Fsp3) is 0.500. The molecule has 6 nitrogen and oxygen atoms in total. The molecule has 1 aliphatic heterocycles. The summed E-state index contributed by atoms with van der Waals surface area (Å²) in [6.07, 6.45) is 1.64. The quantitative estimate of drug-likeness (QED) is 0.873. The Morgan fingerprint density at radius 1 is 1.24 bits per heavy atom. The fourth-order valence-corrected chi connectivity index (χ4v) is 2.97. The molecule has 0 unspecified atom stereocenters. The zero-order chi connectivity index (χ0) is 18.0. The van der Waals surface area contributed by atoms with Crippen molar-refractivity contribution in [3.05, 3.63) is 35.2 Å². The van der Waals surface area contributed by atoms with Gasteiger partial charge < -0.3 is 14.7 Å². The molecule has 1 saturated heterocycles. The largest absolute Gasteiger partial charge is 0.339 e. The first-order valence-electron chi connectivity index (χ1n) is 8.48. The SMILES string of the molecule is CC(C)(C)NC(=O)N1CCC(c2nc(-c3ccc(Cl)cc3)no2)CC1. The van der Waals surface area contributed by atoms with Crippen LogP contribution in [0.1, 0.15) is 45.4 Å². The molecule has 1 aliphatic rings. The molecule has 134 valence electrons. The maximum absolute atomic E-state index is 12.2. The molecular formula is C18H23ClN4O2. The molecule has 0 saturated carbocycles. The van der Waals surface area contributed by atoms with Gasteiger partial charge in [-0.1, -0.05) is 16.8 Å². The van der Waals surface area contributed by atoms with E-state index < -0.39 is 0 Å². The summed E-state index contributed by atoms with van der Waals surface area (Å²) in [4.78, 5) is 18.6. The van der Waals surface area contributed by atoms with Crippen LogP contribution in [-0.2, 0) is 0 Å². The van der Waals surface area contributed by atoms with Crippen LogP contribution in [0.25, 0.3) is 11.4 Å². The highest BCUT2D eigenvalue weighted by Crippen LogP contribution is 2.29. The lowest BCUT2D eigenvalue weighted by molar-refractivity contribution is 0.167. The number of aromatic nitrogens is 2. The van der Waals surface area contributed by atoms with Crippen molar-refractivity contribution in [3.8, 4) is 11.4 Å². The Balaban J connectivity index is 1.60. The van der Waals surface area contributed by atoms with E-state index in [1.165, 1.54) is 0 Å². The Hall–Kier alpha value is -2.08. The predicted octanol–water partition coefficient (Wildman–Crippen LogP) is 4.08. The number of carbonyl (C=O) groups excluding carboxylic acids is 1. The van der Waals surface area contributed by atoms with Gasteiger partial charge in [-0.15, -0.1) is 0 Å². The van der Waals surface area contributed by atoms with Crippen LogP contribution in [0.4, 0.5) is 4.79 Å². The molecule has 0 atom stereocenters. The Kier molecular flexibility index (Phi) is 4.99. The van der Waals surface area contributed by atoms with Crippen molar-refractivity contribution in [2.75, 3.05) is 13.1 Å². The third-order valence-electron chi connectivity index (χ3n) is 4.16. The second-order valence-corrected chi connectivity index (χ2v) is 7.84. The van der Waals surface area contributed by atoms with Gasteiger partial charge in [0, 0.05) is 35.1 Å². The summed E-state index contributed by atoms with van der Waals surface area (Å²) < 4.78 is 5.45. The lowest BCUT2D eigenvalue weighted by atomic mass is 9.97. The Morgan fingerprint density at radius 2 is 1.88 bits per heavy atom. The fourth-order valence-electron chi connectivity index (χ4n) is 2.85. The molecule has 0 spiro atoms. The molecule has 0 aliphatic carbocycles. The molecule has 3 rings (SSSR count). The van der Waals surface area contributed by atoms with Crippen LogP contribution in [0, 0.1) is 0 Å². The van der Waals surface area contributed by atoms with Gasteiger partial charge in [0.15, 0.2) is 0 Å². The van der Waals surface area contributed by atoms with E-state index in [1.807, 2.05) is 37.8 Å². The number of amides is 2. The van der Waals surface area contributed by atoms with E-state index >= 15 is 0 Å². The second kappa shape index (κ2) is 7.04. The van der Waals surface area contributed by atoms with Gasteiger partial charge in [0.1, 0.15) is 0 Å². The van der Waals surface area contributed by atoms with Crippen LogP contribution in [0.5, 0.6) is 0 Å². The van der Waals surface area contributed by atoms with E-state index in [2.05, 4.69) is 15.5 Å². The van der Waals surface area contributed by atoms with Gasteiger partial charge in [-0.3, -0.25) is 0 Å². The summed E-state index contributed by atoms with van der Waals surface area (Å²) >= 11 is 5.90. The zero-order valence-electron chi connectivity index (χ0n) is 14.8. The van der Waals surface area contributed by atoms with E-state index in [0.717, 1.165) is 18.4 Å². The monoisotopic (exact) mass is 362 g/mol. The predicted molar refractivity (Wildman–Crippen MR) is 96.6 cm³/mol. The maximum Gasteiger partial charge on any atom is 0.317 e. The number of benzene rings is 1. The molecule has 0 bridgehead atoms. The topological polar surface area (TPSA) is 71.3 Å². The maximum atomic E-state index is 12.2. The van der Waals surface area contributed by atoms with Crippen LogP contribution < -0.4 is 5.32 Å². The Bertz CT molecular complexity index is 728. The average Bonchev–Trinajstić information content (AvgIpc) is 3.04. The van der Waals surface area contributed by atoms with Crippen LogP contribution in [0.15, 0.2) is 28.8 Å². The van der Waals surface area contributed by atoms with Crippen LogP contribution in [-0.4, -0.2) is 39.7 Å². The molecular weight excluding hydrogens is 340 g/mol. The van der Waals surface area contributed by atoms with Gasteiger partial charge in [-0.05, 0) is 57.9 Å². The number of rotatable bonds is 2. The van der Waals surface area contributed by atoms with E-state index in [9.17, 15) is 4.79 Å². The molecule has 7 heteroatoms. The zero-order valence-corrected chi connectivity index (χ0v) is 15.5. The molecule has 1 aromatic heterocycles. The minimum Gasteiger partial charge on any atom is -0.339 e. The number of hydrogen-bond donors (Lipinski definition) is 1. The number of nitrogens with zero attached hydrogens (tertiary/aromatic N) is 3. The van der Waals surface area contributed by atoms with Gasteiger partial charge in [0.05, 0.1) is 0 Å². The van der Waals surface area contributed by atoms with E-state index in [4.69, 9.17) is 16.1 Å². The smallest absolute Gasteiger partial charge is 0.317 e. The summed E-state index contributed by atoms with van der Waals surface area (Å²) in [7, 11) is 0. The highest BCUT2D eigenvalue weighted by atomic mass is 35.5. The van der Waals surface area contributed by atoms with Crippen molar-refractivity contribution >= 4 is 17.6 Å². The summed E-state index contributed by atoms with van der Waals surface area (Å²) in [5.41, 5.74) is 0.648. The number of hydrogen-bond acceptors (Lipinski definition) is 4. The van der Waals surface area contributed by atoms with Crippen LogP contribution >= 0.6 is 11.6 Å². The van der Waals surface area contributed by atoms with Crippen molar-refractivity contribution in [3.63, 3.8) is 0 Å². The Labute approximate surface area is 152 Å². The molecule has 1 N–H and O–H groups in total. The number of halogens is 1. The molecule has 2 aromatic rings. The van der Waals surface area contributed by atoms with Gasteiger partial charge in [0.25, 0.3) is 0 Å². The lowest BCUT2D eigenvalue weighted by Crippen LogP contribution is -2.50. The normalized spacial score (nSPS) is 16.1. The van der Waals surface area contributed by atoms with Crippen molar-refractivity contribution in [2.45, 2.75) is 45.1 Å². The number of piperidine rings is 1. The van der Waals surface area contributed by atoms with Gasteiger partial charge in [-0.2, -0.15) is 4.98 Å². The number of nitrogens with one attached hydrogen (secondary N) is 1. The first kappa shape index (κ1) is 17.7.